The molecule has 0 saturated carbocycles. The third kappa shape index (κ3) is 3.83. The molecule has 2 aromatic rings. The zero-order valence-electron chi connectivity index (χ0n) is 12.1. The number of benzene rings is 2. The Morgan fingerprint density at radius 2 is 1.70 bits per heavy atom. The zero-order chi connectivity index (χ0) is 17.0. The summed E-state index contributed by atoms with van der Waals surface area (Å²) in [4.78, 5) is 0.0967. The summed E-state index contributed by atoms with van der Waals surface area (Å²) in [6, 6.07) is 9.41. The molecule has 0 aliphatic rings. The molecule has 0 aromatic heterocycles. The Labute approximate surface area is 132 Å². The molecule has 8 heteroatoms. The van der Waals surface area contributed by atoms with Crippen LogP contribution in [0, 0.1) is 23.0 Å². The molecule has 0 saturated heterocycles. The van der Waals surface area contributed by atoms with Gasteiger partial charge in [-0.05, 0) is 36.9 Å². The molecule has 0 aliphatic carbocycles. The van der Waals surface area contributed by atoms with Crippen LogP contribution in [0.3, 0.4) is 0 Å². The molecule has 2 N–H and O–H groups in total. The molecule has 0 spiro atoms. The van der Waals surface area contributed by atoms with E-state index in [1.54, 1.807) is 6.07 Å². The molecule has 0 amide bonds. The number of nitrogens with zero attached hydrogens (tertiary/aromatic N) is 1. The maximum atomic E-state index is 13.7. The lowest BCUT2D eigenvalue weighted by molar-refractivity contribution is 0.587. The Kier molecular flexibility index (Phi) is 4.93. The third-order valence-electron chi connectivity index (χ3n) is 3.14. The summed E-state index contributed by atoms with van der Waals surface area (Å²) in [7, 11) is -2.22. The summed E-state index contributed by atoms with van der Waals surface area (Å²) in [5.74, 6) is -1.73. The average Bonchev–Trinajstić information content (AvgIpc) is 2.54. The summed E-state index contributed by atoms with van der Waals surface area (Å²) >= 11 is 0. The number of sulfonamides is 1. The SMILES string of the molecule is CNS(=O)(=O)c1ccc(CNc2c(F)cc(C#N)cc2F)cc1. The first kappa shape index (κ1) is 16.9. The van der Waals surface area contributed by atoms with Gasteiger partial charge in [-0.2, -0.15) is 5.26 Å². The first-order chi connectivity index (χ1) is 10.9. The monoisotopic (exact) mass is 337 g/mol. The van der Waals surface area contributed by atoms with E-state index >= 15 is 0 Å². The van der Waals surface area contributed by atoms with E-state index in [0.29, 0.717) is 5.56 Å². The molecule has 2 aromatic carbocycles. The van der Waals surface area contributed by atoms with Crippen molar-refractivity contribution < 1.29 is 17.2 Å². The summed E-state index contributed by atoms with van der Waals surface area (Å²) in [5.41, 5.74) is 0.200. The number of hydrogen-bond donors (Lipinski definition) is 2. The van der Waals surface area contributed by atoms with E-state index in [-0.39, 0.29) is 22.7 Å². The van der Waals surface area contributed by atoms with Gasteiger partial charge in [-0.3, -0.25) is 0 Å². The predicted molar refractivity (Wildman–Crippen MR) is 81.1 cm³/mol. The van der Waals surface area contributed by atoms with Crippen LogP contribution in [0.25, 0.3) is 0 Å². The van der Waals surface area contributed by atoms with Gasteiger partial charge in [0.05, 0.1) is 16.5 Å². The molecule has 2 rings (SSSR count). The Bertz CT molecular complexity index is 836. The summed E-state index contributed by atoms with van der Waals surface area (Å²) in [5, 5.41) is 11.2. The lowest BCUT2D eigenvalue weighted by atomic mass is 10.2. The van der Waals surface area contributed by atoms with Crippen molar-refractivity contribution in [2.45, 2.75) is 11.4 Å². The molecule has 0 radical (unpaired) electrons. The number of rotatable bonds is 5. The lowest BCUT2D eigenvalue weighted by Crippen LogP contribution is -2.18. The molecule has 120 valence electrons. The molecule has 0 heterocycles. The topological polar surface area (TPSA) is 82.0 Å². The van der Waals surface area contributed by atoms with Crippen LogP contribution in [0.1, 0.15) is 11.1 Å². The summed E-state index contributed by atoms with van der Waals surface area (Å²) in [6.45, 7) is 0.0968. The van der Waals surface area contributed by atoms with Crippen LogP contribution in [0.15, 0.2) is 41.3 Å². The molecule has 0 unspecified atom stereocenters. The van der Waals surface area contributed by atoms with Gasteiger partial charge in [0.15, 0.2) is 11.6 Å². The molecule has 5 nitrogen and oxygen atoms in total. The average molecular weight is 337 g/mol. The molecule has 0 atom stereocenters. The number of hydrogen-bond acceptors (Lipinski definition) is 4. The Morgan fingerprint density at radius 1 is 1.13 bits per heavy atom. The van der Waals surface area contributed by atoms with E-state index in [4.69, 9.17) is 5.26 Å². The lowest BCUT2D eigenvalue weighted by Gasteiger charge is -2.10. The molecule has 0 aliphatic heterocycles. The normalized spacial score (nSPS) is 11.0. The second-order valence-corrected chi connectivity index (χ2v) is 6.52. The standard InChI is InChI=1S/C15H13F2N3O2S/c1-19-23(21,22)12-4-2-10(3-5-12)9-20-15-13(16)6-11(8-18)7-14(15)17/h2-7,19-20H,9H2,1H3. The van der Waals surface area contributed by atoms with Crippen LogP contribution >= 0.6 is 0 Å². The third-order valence-corrected chi connectivity index (χ3v) is 4.57. The molecule has 23 heavy (non-hydrogen) atoms. The summed E-state index contributed by atoms with van der Waals surface area (Å²) < 4.78 is 52.8. The minimum Gasteiger partial charge on any atom is -0.376 e. The fourth-order valence-corrected chi connectivity index (χ4v) is 2.63. The second-order valence-electron chi connectivity index (χ2n) is 4.63. The van der Waals surface area contributed by atoms with Gasteiger partial charge < -0.3 is 5.32 Å². The fourth-order valence-electron chi connectivity index (χ4n) is 1.90. The van der Waals surface area contributed by atoms with Crippen molar-refractivity contribution in [2.24, 2.45) is 0 Å². The second kappa shape index (κ2) is 6.73. The van der Waals surface area contributed by atoms with Crippen molar-refractivity contribution in [1.82, 2.24) is 4.72 Å². The smallest absolute Gasteiger partial charge is 0.240 e. The van der Waals surface area contributed by atoms with Gasteiger partial charge in [0, 0.05) is 6.54 Å². The first-order valence-corrected chi connectivity index (χ1v) is 8.01. The fraction of sp³-hybridized carbons (Fsp3) is 0.133. The molecule has 0 bridgehead atoms. The van der Waals surface area contributed by atoms with Gasteiger partial charge in [0.2, 0.25) is 10.0 Å². The molecular formula is C15H13F2N3O2S. The number of anilines is 1. The van der Waals surface area contributed by atoms with Crippen molar-refractivity contribution >= 4 is 15.7 Å². The van der Waals surface area contributed by atoms with Crippen LogP contribution in [0.5, 0.6) is 0 Å². The van der Waals surface area contributed by atoms with Crippen molar-refractivity contribution in [3.8, 4) is 6.07 Å². The van der Waals surface area contributed by atoms with Crippen molar-refractivity contribution in [2.75, 3.05) is 12.4 Å². The predicted octanol–water partition coefficient (Wildman–Crippen LogP) is 2.36. The largest absolute Gasteiger partial charge is 0.376 e. The van der Waals surface area contributed by atoms with Gasteiger partial charge in [-0.15, -0.1) is 0 Å². The van der Waals surface area contributed by atoms with Crippen LogP contribution in [0.2, 0.25) is 0 Å². The van der Waals surface area contributed by atoms with Gasteiger partial charge in [0.1, 0.15) is 5.69 Å². The van der Waals surface area contributed by atoms with Crippen molar-refractivity contribution in [1.29, 1.82) is 5.26 Å². The number of halogens is 2. The highest BCUT2D eigenvalue weighted by Gasteiger charge is 2.12. The van der Waals surface area contributed by atoms with E-state index in [1.807, 2.05) is 0 Å². The van der Waals surface area contributed by atoms with Gasteiger partial charge in [-0.25, -0.2) is 21.9 Å². The molecule has 0 fully saturated rings. The minimum absolute atomic E-state index is 0.0967. The highest BCUT2D eigenvalue weighted by Crippen LogP contribution is 2.21. The Balaban J connectivity index is 2.15. The van der Waals surface area contributed by atoms with Gasteiger partial charge in [0.25, 0.3) is 0 Å². The maximum Gasteiger partial charge on any atom is 0.240 e. The zero-order valence-corrected chi connectivity index (χ0v) is 12.9. The Morgan fingerprint density at radius 3 is 2.17 bits per heavy atom. The van der Waals surface area contributed by atoms with Gasteiger partial charge >= 0.3 is 0 Å². The number of nitriles is 1. The summed E-state index contributed by atoms with van der Waals surface area (Å²) in [6.07, 6.45) is 0. The van der Waals surface area contributed by atoms with Gasteiger partial charge in [-0.1, -0.05) is 12.1 Å². The quantitative estimate of drug-likeness (QED) is 0.877. The Hall–Kier alpha value is -2.50. The van der Waals surface area contributed by atoms with Crippen LogP contribution in [-0.2, 0) is 16.6 Å². The van der Waals surface area contributed by atoms with E-state index < -0.39 is 21.7 Å². The van der Waals surface area contributed by atoms with Crippen LogP contribution in [-0.4, -0.2) is 15.5 Å². The van der Waals surface area contributed by atoms with Crippen molar-refractivity contribution in [3.05, 3.63) is 59.2 Å². The highest BCUT2D eigenvalue weighted by molar-refractivity contribution is 7.89. The van der Waals surface area contributed by atoms with Crippen LogP contribution in [0.4, 0.5) is 14.5 Å². The van der Waals surface area contributed by atoms with E-state index in [1.165, 1.54) is 31.3 Å². The van der Waals surface area contributed by atoms with Crippen LogP contribution < -0.4 is 10.0 Å². The molecular weight excluding hydrogens is 324 g/mol. The van der Waals surface area contributed by atoms with E-state index in [2.05, 4.69) is 10.0 Å². The highest BCUT2D eigenvalue weighted by atomic mass is 32.2. The van der Waals surface area contributed by atoms with Crippen molar-refractivity contribution in [3.63, 3.8) is 0 Å². The number of nitrogens with one attached hydrogen (secondary N) is 2. The minimum atomic E-state index is -3.52. The first-order valence-electron chi connectivity index (χ1n) is 6.53. The van der Waals surface area contributed by atoms with E-state index in [9.17, 15) is 17.2 Å². The van der Waals surface area contributed by atoms with E-state index in [0.717, 1.165) is 12.1 Å². The maximum absolute atomic E-state index is 13.7.